The van der Waals surface area contributed by atoms with Gasteiger partial charge in [0, 0.05) is 30.2 Å². The molecule has 9 nitrogen and oxygen atoms in total. The maximum Gasteiger partial charge on any atom is 0.311 e. The highest BCUT2D eigenvalue weighted by molar-refractivity contribution is 6.42. The van der Waals surface area contributed by atoms with Gasteiger partial charge in [-0.1, -0.05) is 23.2 Å². The number of hydrogen-bond acceptors (Lipinski definition) is 6. The van der Waals surface area contributed by atoms with Crippen molar-refractivity contribution in [3.8, 4) is 5.75 Å². The molecule has 2 aromatic rings. The van der Waals surface area contributed by atoms with Gasteiger partial charge in [-0.15, -0.1) is 0 Å². The minimum Gasteiger partial charge on any atom is -0.502 e. The van der Waals surface area contributed by atoms with Crippen molar-refractivity contribution in [3.05, 3.63) is 67.7 Å². The zero-order valence-corrected chi connectivity index (χ0v) is 15.7. The second-order valence-corrected chi connectivity index (χ2v) is 6.25. The van der Waals surface area contributed by atoms with Crippen LogP contribution >= 0.6 is 23.2 Å². The summed E-state index contributed by atoms with van der Waals surface area (Å²) in [5.41, 5.74) is 2.39. The molecule has 28 heavy (non-hydrogen) atoms. The van der Waals surface area contributed by atoms with E-state index in [1.165, 1.54) is 30.5 Å². The molecule has 0 atom stereocenters. The van der Waals surface area contributed by atoms with Crippen LogP contribution in [0.3, 0.4) is 0 Å². The van der Waals surface area contributed by atoms with Crippen LogP contribution in [0.25, 0.3) is 0 Å². The Kier molecular flexibility index (Phi) is 7.30. The van der Waals surface area contributed by atoms with Crippen LogP contribution in [0.4, 0.5) is 5.69 Å². The molecule has 3 N–H and O–H groups in total. The normalized spacial score (nSPS) is 10.6. The largest absolute Gasteiger partial charge is 0.502 e. The fourth-order valence-electron chi connectivity index (χ4n) is 2.03. The number of nitro groups is 1. The van der Waals surface area contributed by atoms with Crippen molar-refractivity contribution in [2.75, 3.05) is 6.54 Å². The number of aromatic hydroxyl groups is 1. The molecule has 2 aromatic carbocycles. The van der Waals surface area contributed by atoms with Gasteiger partial charge in [0.2, 0.25) is 5.91 Å². The van der Waals surface area contributed by atoms with Gasteiger partial charge in [0.15, 0.2) is 5.75 Å². The molecule has 2 rings (SSSR count). The minimum absolute atomic E-state index is 0.0415. The maximum atomic E-state index is 12.0. The van der Waals surface area contributed by atoms with Crippen molar-refractivity contribution in [3.63, 3.8) is 0 Å². The molecule has 11 heteroatoms. The number of nitrogens with zero attached hydrogens (tertiary/aromatic N) is 2. The second kappa shape index (κ2) is 9.67. The van der Waals surface area contributed by atoms with Crippen LogP contribution in [0.5, 0.6) is 5.75 Å². The van der Waals surface area contributed by atoms with Crippen LogP contribution in [0.1, 0.15) is 22.3 Å². The Morgan fingerprint density at radius 3 is 2.61 bits per heavy atom. The summed E-state index contributed by atoms with van der Waals surface area (Å²) in [5.74, 6) is -1.35. The molecule has 0 saturated carbocycles. The van der Waals surface area contributed by atoms with E-state index in [1.54, 1.807) is 0 Å². The number of hydrogen-bond donors (Lipinski definition) is 3. The monoisotopic (exact) mass is 424 g/mol. The van der Waals surface area contributed by atoms with Crippen LogP contribution in [0.2, 0.25) is 10.0 Å². The molecular weight excluding hydrogens is 411 g/mol. The van der Waals surface area contributed by atoms with Crippen LogP contribution in [-0.2, 0) is 4.79 Å². The first-order valence-corrected chi connectivity index (χ1v) is 8.56. The Balaban J connectivity index is 1.80. The number of rotatable bonds is 7. The summed E-state index contributed by atoms with van der Waals surface area (Å²) in [4.78, 5) is 33.7. The number of halogens is 2. The van der Waals surface area contributed by atoms with Crippen LogP contribution < -0.4 is 10.7 Å². The number of nitrogens with one attached hydrogen (secondary N) is 2. The lowest BCUT2D eigenvalue weighted by Crippen LogP contribution is -2.29. The standard InChI is InChI=1S/C17H14Cl2N4O5/c18-12-3-2-11(8-13(12)19)17(26)20-6-5-16(25)22-21-9-10-1-4-15(24)14(7-10)23(27)28/h1-4,7-9,24H,5-6H2,(H,20,26)(H,22,25). The predicted molar refractivity (Wildman–Crippen MR) is 104 cm³/mol. The van der Waals surface area contributed by atoms with E-state index in [-0.39, 0.29) is 18.0 Å². The first-order chi connectivity index (χ1) is 13.3. The van der Waals surface area contributed by atoms with Crippen molar-refractivity contribution in [1.82, 2.24) is 10.7 Å². The second-order valence-electron chi connectivity index (χ2n) is 5.43. The third-order valence-electron chi connectivity index (χ3n) is 3.42. The molecule has 0 spiro atoms. The van der Waals surface area contributed by atoms with Gasteiger partial charge in [0.05, 0.1) is 21.2 Å². The number of carbonyl (C=O) groups is 2. The zero-order valence-electron chi connectivity index (χ0n) is 14.2. The van der Waals surface area contributed by atoms with Crippen LogP contribution in [0.15, 0.2) is 41.5 Å². The predicted octanol–water partition coefficient (Wildman–Crippen LogP) is 2.88. The quantitative estimate of drug-likeness (QED) is 0.356. The van der Waals surface area contributed by atoms with Crippen molar-refractivity contribution in [2.45, 2.75) is 6.42 Å². The topological polar surface area (TPSA) is 134 Å². The number of benzene rings is 2. The SMILES string of the molecule is O=C(CCNC(=O)c1ccc(Cl)c(Cl)c1)NN=Cc1ccc(O)c([N+](=O)[O-])c1. The molecule has 0 aromatic heterocycles. The number of amides is 2. The van der Waals surface area contributed by atoms with Crippen molar-refractivity contribution in [2.24, 2.45) is 5.10 Å². The summed E-state index contributed by atoms with van der Waals surface area (Å²) in [6.07, 6.45) is 1.15. The van der Waals surface area contributed by atoms with E-state index in [9.17, 15) is 24.8 Å². The molecule has 0 aliphatic carbocycles. The van der Waals surface area contributed by atoms with E-state index in [1.807, 2.05) is 0 Å². The molecule has 0 bridgehead atoms. The zero-order chi connectivity index (χ0) is 20.7. The summed E-state index contributed by atoms with van der Waals surface area (Å²) >= 11 is 11.6. The number of nitro benzene ring substituents is 1. The lowest BCUT2D eigenvalue weighted by atomic mass is 10.2. The molecule has 2 amide bonds. The summed E-state index contributed by atoms with van der Waals surface area (Å²) in [6, 6.07) is 8.08. The molecule has 0 unspecified atom stereocenters. The first kappa shape index (κ1) is 21.1. The van der Waals surface area contributed by atoms with Gasteiger partial charge in [-0.05, 0) is 30.3 Å². The van der Waals surface area contributed by atoms with E-state index < -0.39 is 28.2 Å². The summed E-state index contributed by atoms with van der Waals surface area (Å²) in [6.45, 7) is 0.0606. The number of hydrazone groups is 1. The Morgan fingerprint density at radius 2 is 1.93 bits per heavy atom. The number of phenolic OH excluding ortho intramolecular Hbond substituents is 1. The van der Waals surface area contributed by atoms with Gasteiger partial charge < -0.3 is 10.4 Å². The summed E-state index contributed by atoms with van der Waals surface area (Å²) in [7, 11) is 0. The third kappa shape index (κ3) is 5.93. The van der Waals surface area contributed by atoms with Crippen molar-refractivity contribution < 1.29 is 19.6 Å². The number of carbonyl (C=O) groups excluding carboxylic acids is 2. The Hall–Kier alpha value is -3.17. The third-order valence-corrected chi connectivity index (χ3v) is 4.16. The van der Waals surface area contributed by atoms with Crippen molar-refractivity contribution in [1.29, 1.82) is 0 Å². The van der Waals surface area contributed by atoms with Gasteiger partial charge in [0.1, 0.15) is 0 Å². The average molecular weight is 425 g/mol. The molecule has 0 aliphatic rings. The van der Waals surface area contributed by atoms with Gasteiger partial charge in [-0.2, -0.15) is 5.10 Å². The minimum atomic E-state index is -0.734. The fraction of sp³-hybridized carbons (Fsp3) is 0.118. The lowest BCUT2D eigenvalue weighted by molar-refractivity contribution is -0.385. The molecule has 0 aliphatic heterocycles. The van der Waals surface area contributed by atoms with E-state index in [4.69, 9.17) is 23.2 Å². The molecule has 146 valence electrons. The average Bonchev–Trinajstić information content (AvgIpc) is 2.65. The Bertz CT molecular complexity index is 949. The molecule has 0 radical (unpaired) electrons. The first-order valence-electron chi connectivity index (χ1n) is 7.80. The van der Waals surface area contributed by atoms with Gasteiger partial charge >= 0.3 is 5.69 Å². The molecular formula is C17H14Cl2N4O5. The van der Waals surface area contributed by atoms with Gasteiger partial charge in [-0.3, -0.25) is 19.7 Å². The van der Waals surface area contributed by atoms with E-state index >= 15 is 0 Å². The summed E-state index contributed by atoms with van der Waals surface area (Å²) in [5, 5.41) is 26.9. The lowest BCUT2D eigenvalue weighted by Gasteiger charge is -2.05. The van der Waals surface area contributed by atoms with Crippen LogP contribution in [-0.4, -0.2) is 34.6 Å². The molecule has 0 fully saturated rings. The van der Waals surface area contributed by atoms with Crippen molar-refractivity contribution >= 4 is 46.9 Å². The highest BCUT2D eigenvalue weighted by atomic mass is 35.5. The van der Waals surface area contributed by atoms with Gasteiger partial charge in [-0.25, -0.2) is 5.43 Å². The fourth-order valence-corrected chi connectivity index (χ4v) is 2.33. The summed E-state index contributed by atoms with van der Waals surface area (Å²) < 4.78 is 0. The maximum absolute atomic E-state index is 12.0. The molecule has 0 saturated heterocycles. The molecule has 0 heterocycles. The van der Waals surface area contributed by atoms with E-state index in [0.717, 1.165) is 12.1 Å². The highest BCUT2D eigenvalue weighted by Gasteiger charge is 2.13. The van der Waals surface area contributed by atoms with E-state index in [2.05, 4.69) is 15.8 Å². The number of phenols is 1. The highest BCUT2D eigenvalue weighted by Crippen LogP contribution is 2.25. The smallest absolute Gasteiger partial charge is 0.311 e. The Labute approximate surface area is 169 Å². The van der Waals surface area contributed by atoms with Gasteiger partial charge in [0.25, 0.3) is 5.91 Å². The van der Waals surface area contributed by atoms with E-state index in [0.29, 0.717) is 16.1 Å². The van der Waals surface area contributed by atoms with Crippen LogP contribution in [0, 0.1) is 10.1 Å². The Morgan fingerprint density at radius 1 is 1.18 bits per heavy atom.